The van der Waals surface area contributed by atoms with Gasteiger partial charge in [0.2, 0.25) is 0 Å². The Morgan fingerprint density at radius 3 is 1.08 bits per heavy atom. The molecule has 0 radical (unpaired) electrons. The van der Waals surface area contributed by atoms with Crippen molar-refractivity contribution in [3.8, 4) is 0 Å². The van der Waals surface area contributed by atoms with Gasteiger partial charge < -0.3 is 21.3 Å². The Kier molecular flexibility index (Phi) is 10.3. The number of rotatable bonds is 14. The summed E-state index contributed by atoms with van der Waals surface area (Å²) in [6.07, 6.45) is 3.03. The lowest BCUT2D eigenvalue weighted by Gasteiger charge is -2.29. The molecule has 204 valence electrons. The normalized spacial score (nSPS) is 12.4. The van der Waals surface area contributed by atoms with Crippen molar-refractivity contribution in [2.45, 2.75) is 59.0 Å². The van der Waals surface area contributed by atoms with Gasteiger partial charge in [-0.3, -0.25) is 0 Å². The summed E-state index contributed by atoms with van der Waals surface area (Å²) in [5.74, 6) is 0. The molecule has 4 N–H and O–H groups in total. The fourth-order valence-electron chi connectivity index (χ4n) is 5.06. The van der Waals surface area contributed by atoms with Crippen molar-refractivity contribution in [1.82, 2.24) is 0 Å². The molecule has 0 aromatic heterocycles. The van der Waals surface area contributed by atoms with E-state index >= 15 is 0 Å². The minimum absolute atomic E-state index is 0.308. The number of benzene rings is 4. The summed E-state index contributed by atoms with van der Waals surface area (Å²) in [6.45, 7) is 10.5. The average molecular weight is 521 g/mol. The molecule has 0 heterocycles. The first kappa shape index (κ1) is 28.1. The maximum atomic E-state index is 3.90. The van der Waals surface area contributed by atoms with E-state index in [1.165, 1.54) is 45.0 Å². The SMILES string of the molecule is Cc1ccccc1NCCC(CC(CCNc1ccccc1C)Nc1ccccc1C)Nc1ccccc1C. The molecule has 0 saturated carbocycles. The van der Waals surface area contributed by atoms with E-state index in [0.29, 0.717) is 12.1 Å². The number of para-hydroxylation sites is 4. The highest BCUT2D eigenvalue weighted by atomic mass is 15.0. The molecular weight excluding hydrogens is 476 g/mol. The van der Waals surface area contributed by atoms with Crippen LogP contribution in [0.4, 0.5) is 22.7 Å². The first-order chi connectivity index (χ1) is 19.0. The Bertz CT molecular complexity index is 1210. The van der Waals surface area contributed by atoms with Gasteiger partial charge in [-0.15, -0.1) is 0 Å². The first-order valence-electron chi connectivity index (χ1n) is 14.2. The van der Waals surface area contributed by atoms with Gasteiger partial charge in [0, 0.05) is 47.9 Å². The van der Waals surface area contributed by atoms with Crippen LogP contribution in [-0.2, 0) is 0 Å². The summed E-state index contributed by atoms with van der Waals surface area (Å²) in [7, 11) is 0. The highest BCUT2D eigenvalue weighted by Gasteiger charge is 2.18. The summed E-state index contributed by atoms with van der Waals surface area (Å²) >= 11 is 0. The molecule has 2 atom stereocenters. The summed E-state index contributed by atoms with van der Waals surface area (Å²) < 4.78 is 0. The number of aryl methyl sites for hydroxylation is 4. The quantitative estimate of drug-likeness (QED) is 0.134. The Morgan fingerprint density at radius 1 is 0.436 bits per heavy atom. The zero-order valence-corrected chi connectivity index (χ0v) is 23.9. The van der Waals surface area contributed by atoms with Gasteiger partial charge in [0.05, 0.1) is 0 Å². The maximum Gasteiger partial charge on any atom is 0.0372 e. The molecule has 4 heteroatoms. The van der Waals surface area contributed by atoms with Crippen molar-refractivity contribution in [3.05, 3.63) is 119 Å². The Morgan fingerprint density at radius 2 is 0.744 bits per heavy atom. The van der Waals surface area contributed by atoms with Gasteiger partial charge in [0.15, 0.2) is 0 Å². The molecular formula is C35H44N4. The minimum Gasteiger partial charge on any atom is -0.385 e. The highest BCUT2D eigenvalue weighted by molar-refractivity contribution is 5.54. The molecule has 2 unspecified atom stereocenters. The van der Waals surface area contributed by atoms with E-state index in [9.17, 15) is 0 Å². The van der Waals surface area contributed by atoms with E-state index in [0.717, 1.165) is 32.4 Å². The zero-order chi connectivity index (χ0) is 27.5. The predicted octanol–water partition coefficient (Wildman–Crippen LogP) is 8.58. The van der Waals surface area contributed by atoms with E-state index in [1.54, 1.807) is 0 Å². The molecule has 0 amide bonds. The monoisotopic (exact) mass is 520 g/mol. The van der Waals surface area contributed by atoms with Crippen LogP contribution in [0.1, 0.15) is 41.5 Å². The van der Waals surface area contributed by atoms with Crippen LogP contribution in [0.2, 0.25) is 0 Å². The molecule has 0 aliphatic rings. The van der Waals surface area contributed by atoms with Crippen molar-refractivity contribution in [3.63, 3.8) is 0 Å². The number of hydrogen-bond donors (Lipinski definition) is 4. The van der Waals surface area contributed by atoms with Crippen LogP contribution in [0, 0.1) is 27.7 Å². The minimum atomic E-state index is 0.308. The number of nitrogens with one attached hydrogen (secondary N) is 4. The zero-order valence-electron chi connectivity index (χ0n) is 23.9. The molecule has 0 spiro atoms. The predicted molar refractivity (Wildman–Crippen MR) is 170 cm³/mol. The molecule has 0 saturated heterocycles. The summed E-state index contributed by atoms with van der Waals surface area (Å²) in [5.41, 5.74) is 9.97. The summed E-state index contributed by atoms with van der Waals surface area (Å²) in [4.78, 5) is 0. The highest BCUT2D eigenvalue weighted by Crippen LogP contribution is 2.23. The van der Waals surface area contributed by atoms with Crippen LogP contribution in [0.25, 0.3) is 0 Å². The third-order valence-electron chi connectivity index (χ3n) is 7.49. The van der Waals surface area contributed by atoms with Gasteiger partial charge in [-0.25, -0.2) is 0 Å². The van der Waals surface area contributed by atoms with Gasteiger partial charge in [-0.2, -0.15) is 0 Å². The topological polar surface area (TPSA) is 48.1 Å². The molecule has 39 heavy (non-hydrogen) atoms. The standard InChI is InChI=1S/C35H44N4/c1-26-13-5-9-17-32(26)36-23-21-30(38-34-19-11-7-15-28(34)3)25-31(39-35-20-12-8-16-29(35)4)22-24-37-33-18-10-6-14-27(33)2/h5-20,30-31,36-39H,21-25H2,1-4H3. The summed E-state index contributed by atoms with van der Waals surface area (Å²) in [5, 5.41) is 15.1. The number of hydrogen-bond acceptors (Lipinski definition) is 4. The van der Waals surface area contributed by atoms with E-state index in [-0.39, 0.29) is 0 Å². The third-order valence-corrected chi connectivity index (χ3v) is 7.49. The van der Waals surface area contributed by atoms with E-state index in [4.69, 9.17) is 0 Å². The Hall–Kier alpha value is -3.92. The molecule has 0 bridgehead atoms. The molecule has 4 rings (SSSR count). The smallest absolute Gasteiger partial charge is 0.0372 e. The molecule has 0 aliphatic carbocycles. The van der Waals surface area contributed by atoms with Crippen molar-refractivity contribution in [2.75, 3.05) is 34.4 Å². The van der Waals surface area contributed by atoms with Gasteiger partial charge in [-0.1, -0.05) is 72.8 Å². The second-order valence-corrected chi connectivity index (χ2v) is 10.6. The molecule has 0 fully saturated rings. The Balaban J connectivity index is 1.49. The van der Waals surface area contributed by atoms with Crippen LogP contribution in [0.3, 0.4) is 0 Å². The van der Waals surface area contributed by atoms with Crippen molar-refractivity contribution < 1.29 is 0 Å². The van der Waals surface area contributed by atoms with Crippen molar-refractivity contribution >= 4 is 22.7 Å². The molecule has 0 aliphatic heterocycles. The fraction of sp³-hybridized carbons (Fsp3) is 0.314. The van der Waals surface area contributed by atoms with Crippen LogP contribution < -0.4 is 21.3 Å². The molecule has 4 nitrogen and oxygen atoms in total. The molecule has 4 aromatic carbocycles. The lowest BCUT2D eigenvalue weighted by Crippen LogP contribution is -2.33. The van der Waals surface area contributed by atoms with Crippen LogP contribution in [-0.4, -0.2) is 25.2 Å². The van der Waals surface area contributed by atoms with Gasteiger partial charge >= 0.3 is 0 Å². The fourth-order valence-corrected chi connectivity index (χ4v) is 5.06. The first-order valence-corrected chi connectivity index (χ1v) is 14.2. The van der Waals surface area contributed by atoms with Crippen molar-refractivity contribution in [2.24, 2.45) is 0 Å². The van der Waals surface area contributed by atoms with E-state index in [1.807, 2.05) is 0 Å². The van der Waals surface area contributed by atoms with E-state index < -0.39 is 0 Å². The second-order valence-electron chi connectivity index (χ2n) is 10.6. The van der Waals surface area contributed by atoms with Gasteiger partial charge in [0.25, 0.3) is 0 Å². The Labute approximate surface area is 235 Å². The lowest BCUT2D eigenvalue weighted by molar-refractivity contribution is 0.534. The van der Waals surface area contributed by atoms with E-state index in [2.05, 4.69) is 146 Å². The number of anilines is 4. The van der Waals surface area contributed by atoms with Crippen LogP contribution >= 0.6 is 0 Å². The second kappa shape index (κ2) is 14.3. The average Bonchev–Trinajstić information content (AvgIpc) is 2.93. The molecule has 4 aromatic rings. The largest absolute Gasteiger partial charge is 0.385 e. The lowest BCUT2D eigenvalue weighted by atomic mass is 9.99. The van der Waals surface area contributed by atoms with Crippen molar-refractivity contribution in [1.29, 1.82) is 0 Å². The van der Waals surface area contributed by atoms with Crippen LogP contribution in [0.5, 0.6) is 0 Å². The summed E-state index contributed by atoms with van der Waals surface area (Å²) in [6, 6.07) is 34.9. The van der Waals surface area contributed by atoms with Gasteiger partial charge in [-0.05, 0) is 93.5 Å². The maximum absolute atomic E-state index is 3.90. The van der Waals surface area contributed by atoms with Crippen LogP contribution in [0.15, 0.2) is 97.1 Å². The van der Waals surface area contributed by atoms with Gasteiger partial charge in [0.1, 0.15) is 0 Å². The third kappa shape index (κ3) is 8.54.